The minimum atomic E-state index is -4.35. The number of nitrogens with zero attached hydrogens (tertiary/aromatic N) is 3. The summed E-state index contributed by atoms with van der Waals surface area (Å²) in [4.78, 5) is 21.0. The summed E-state index contributed by atoms with van der Waals surface area (Å²) >= 11 is 0. The fraction of sp³-hybridized carbons (Fsp3) is 0.267. The Morgan fingerprint density at radius 2 is 1.87 bits per heavy atom. The minimum absolute atomic E-state index is 0.108. The number of ether oxygens (including phenoxy) is 1. The standard InChI is InChI=1S/C15H14F3N3O2/c1-21(13-7-12(14(22)23-2)19-9-20-13)8-10-3-5-11(6-4-10)15(16,17)18/h3-7,9H,8H2,1-2H3. The maximum Gasteiger partial charge on any atom is 0.416 e. The summed E-state index contributed by atoms with van der Waals surface area (Å²) in [6.07, 6.45) is -3.13. The van der Waals surface area contributed by atoms with E-state index in [1.165, 1.54) is 31.6 Å². The first kappa shape index (κ1) is 16.7. The summed E-state index contributed by atoms with van der Waals surface area (Å²) in [6, 6.07) is 6.32. The molecular formula is C15H14F3N3O2. The van der Waals surface area contributed by atoms with Gasteiger partial charge in [-0.3, -0.25) is 0 Å². The Balaban J connectivity index is 2.13. The largest absolute Gasteiger partial charge is 0.464 e. The Morgan fingerprint density at radius 3 is 2.43 bits per heavy atom. The van der Waals surface area contributed by atoms with E-state index >= 15 is 0 Å². The molecule has 0 spiro atoms. The van der Waals surface area contributed by atoms with Gasteiger partial charge in [0.05, 0.1) is 12.7 Å². The van der Waals surface area contributed by atoms with Gasteiger partial charge in [0, 0.05) is 19.7 Å². The molecule has 0 atom stereocenters. The number of carbonyl (C=O) groups excluding carboxylic acids is 1. The lowest BCUT2D eigenvalue weighted by atomic mass is 10.1. The van der Waals surface area contributed by atoms with Crippen molar-refractivity contribution in [2.24, 2.45) is 0 Å². The van der Waals surface area contributed by atoms with Crippen LogP contribution in [-0.4, -0.2) is 30.1 Å². The van der Waals surface area contributed by atoms with Gasteiger partial charge in [0.2, 0.25) is 0 Å². The van der Waals surface area contributed by atoms with Crippen LogP contribution in [0.5, 0.6) is 0 Å². The second kappa shape index (κ2) is 6.64. The van der Waals surface area contributed by atoms with E-state index in [-0.39, 0.29) is 5.69 Å². The molecule has 8 heteroatoms. The number of hydrogen-bond donors (Lipinski definition) is 0. The van der Waals surface area contributed by atoms with Gasteiger partial charge in [-0.25, -0.2) is 14.8 Å². The number of hydrogen-bond acceptors (Lipinski definition) is 5. The molecule has 1 heterocycles. The molecule has 1 aromatic heterocycles. The number of rotatable bonds is 4. The van der Waals surface area contributed by atoms with Gasteiger partial charge in [-0.1, -0.05) is 12.1 Å². The van der Waals surface area contributed by atoms with E-state index in [0.717, 1.165) is 12.1 Å². The van der Waals surface area contributed by atoms with Crippen molar-refractivity contribution in [2.75, 3.05) is 19.1 Å². The number of anilines is 1. The molecule has 0 N–H and O–H groups in total. The topological polar surface area (TPSA) is 55.3 Å². The van der Waals surface area contributed by atoms with Gasteiger partial charge in [-0.05, 0) is 17.7 Å². The van der Waals surface area contributed by atoms with Gasteiger partial charge in [0.1, 0.15) is 12.1 Å². The van der Waals surface area contributed by atoms with Crippen LogP contribution in [0.15, 0.2) is 36.7 Å². The van der Waals surface area contributed by atoms with Crippen molar-refractivity contribution in [1.82, 2.24) is 9.97 Å². The second-order valence-corrected chi connectivity index (χ2v) is 4.80. The Kier molecular flexibility index (Phi) is 4.83. The number of methoxy groups -OCH3 is 1. The number of benzene rings is 1. The van der Waals surface area contributed by atoms with Crippen molar-refractivity contribution in [1.29, 1.82) is 0 Å². The first-order valence-corrected chi connectivity index (χ1v) is 6.59. The van der Waals surface area contributed by atoms with E-state index in [1.807, 2.05) is 0 Å². The zero-order chi connectivity index (χ0) is 17.0. The maximum absolute atomic E-state index is 12.5. The molecule has 0 radical (unpaired) electrons. The van der Waals surface area contributed by atoms with Gasteiger partial charge in [0.15, 0.2) is 5.69 Å². The lowest BCUT2D eigenvalue weighted by molar-refractivity contribution is -0.137. The minimum Gasteiger partial charge on any atom is -0.464 e. The van der Waals surface area contributed by atoms with E-state index < -0.39 is 17.7 Å². The molecule has 23 heavy (non-hydrogen) atoms. The van der Waals surface area contributed by atoms with Crippen LogP contribution >= 0.6 is 0 Å². The predicted molar refractivity (Wildman–Crippen MR) is 76.9 cm³/mol. The molecule has 1 aromatic carbocycles. The summed E-state index contributed by atoms with van der Waals surface area (Å²) in [5.74, 6) is -0.128. The molecule has 0 aliphatic rings. The summed E-state index contributed by atoms with van der Waals surface area (Å²) in [6.45, 7) is 0.329. The monoisotopic (exact) mass is 325 g/mol. The first-order valence-electron chi connectivity index (χ1n) is 6.59. The normalized spacial score (nSPS) is 11.2. The highest BCUT2D eigenvalue weighted by atomic mass is 19.4. The average molecular weight is 325 g/mol. The third-order valence-electron chi connectivity index (χ3n) is 3.14. The molecule has 0 aliphatic carbocycles. The van der Waals surface area contributed by atoms with E-state index in [4.69, 9.17) is 0 Å². The van der Waals surface area contributed by atoms with Crippen LogP contribution in [0.3, 0.4) is 0 Å². The number of esters is 1. The highest BCUT2D eigenvalue weighted by molar-refractivity contribution is 5.87. The molecule has 0 amide bonds. The smallest absolute Gasteiger partial charge is 0.416 e. The van der Waals surface area contributed by atoms with Crippen LogP contribution in [0.2, 0.25) is 0 Å². The van der Waals surface area contributed by atoms with Crippen molar-refractivity contribution in [3.63, 3.8) is 0 Å². The predicted octanol–water partition coefficient (Wildman–Crippen LogP) is 2.92. The number of aromatic nitrogens is 2. The molecule has 0 aliphatic heterocycles. The lowest BCUT2D eigenvalue weighted by Gasteiger charge is -2.18. The van der Waals surface area contributed by atoms with Gasteiger partial charge in [-0.2, -0.15) is 13.2 Å². The molecule has 2 rings (SSSR count). The van der Waals surface area contributed by atoms with Crippen molar-refractivity contribution in [2.45, 2.75) is 12.7 Å². The summed E-state index contributed by atoms with van der Waals surface area (Å²) in [5.41, 5.74) is 0.0921. The van der Waals surface area contributed by atoms with E-state index in [2.05, 4.69) is 14.7 Å². The Labute approximate surface area is 130 Å². The first-order chi connectivity index (χ1) is 10.8. The maximum atomic E-state index is 12.5. The molecule has 0 fully saturated rings. The van der Waals surface area contributed by atoms with Crippen LogP contribution in [-0.2, 0) is 17.5 Å². The third kappa shape index (κ3) is 4.18. The molecular weight excluding hydrogens is 311 g/mol. The van der Waals surface area contributed by atoms with Crippen molar-refractivity contribution in [3.05, 3.63) is 53.5 Å². The van der Waals surface area contributed by atoms with Gasteiger partial charge < -0.3 is 9.64 Å². The van der Waals surface area contributed by atoms with Crippen LogP contribution in [0.25, 0.3) is 0 Å². The van der Waals surface area contributed by atoms with Crippen molar-refractivity contribution < 1.29 is 22.7 Å². The van der Waals surface area contributed by atoms with Gasteiger partial charge in [0.25, 0.3) is 0 Å². The SMILES string of the molecule is COC(=O)c1cc(N(C)Cc2ccc(C(F)(F)F)cc2)ncn1. The Bertz CT molecular complexity index is 687. The number of halogens is 3. The quantitative estimate of drug-likeness (QED) is 0.809. The average Bonchev–Trinajstić information content (AvgIpc) is 2.54. The molecule has 0 unspecified atom stereocenters. The van der Waals surface area contributed by atoms with Gasteiger partial charge in [-0.15, -0.1) is 0 Å². The molecule has 2 aromatic rings. The third-order valence-corrected chi connectivity index (χ3v) is 3.14. The van der Waals surface area contributed by atoms with Crippen molar-refractivity contribution >= 4 is 11.8 Å². The molecule has 0 saturated carbocycles. The Hall–Kier alpha value is -2.64. The fourth-order valence-corrected chi connectivity index (χ4v) is 1.93. The Morgan fingerprint density at radius 1 is 1.22 bits per heavy atom. The zero-order valence-corrected chi connectivity index (χ0v) is 12.5. The van der Waals surface area contributed by atoms with Crippen LogP contribution < -0.4 is 4.90 Å². The highest BCUT2D eigenvalue weighted by Gasteiger charge is 2.29. The number of carbonyl (C=O) groups is 1. The summed E-state index contributed by atoms with van der Waals surface area (Å²) < 4.78 is 42.2. The summed E-state index contributed by atoms with van der Waals surface area (Å²) in [5, 5.41) is 0. The fourth-order valence-electron chi connectivity index (χ4n) is 1.93. The molecule has 5 nitrogen and oxygen atoms in total. The zero-order valence-electron chi connectivity index (χ0n) is 12.5. The molecule has 0 saturated heterocycles. The van der Waals surface area contributed by atoms with E-state index in [1.54, 1.807) is 11.9 Å². The molecule has 122 valence electrons. The highest BCUT2D eigenvalue weighted by Crippen LogP contribution is 2.29. The van der Waals surface area contributed by atoms with Crippen LogP contribution in [0.4, 0.5) is 19.0 Å². The van der Waals surface area contributed by atoms with E-state index in [9.17, 15) is 18.0 Å². The van der Waals surface area contributed by atoms with E-state index in [0.29, 0.717) is 17.9 Å². The van der Waals surface area contributed by atoms with Gasteiger partial charge >= 0.3 is 12.1 Å². The molecule has 0 bridgehead atoms. The number of alkyl halides is 3. The van der Waals surface area contributed by atoms with Crippen molar-refractivity contribution in [3.8, 4) is 0 Å². The second-order valence-electron chi connectivity index (χ2n) is 4.80. The van der Waals surface area contributed by atoms with Crippen LogP contribution in [0.1, 0.15) is 21.6 Å². The summed E-state index contributed by atoms with van der Waals surface area (Å²) in [7, 11) is 2.96. The van der Waals surface area contributed by atoms with Crippen LogP contribution in [0, 0.1) is 0 Å². The lowest BCUT2D eigenvalue weighted by Crippen LogP contribution is -2.19.